The standard InChI is InChI=1S/C17H20N4/c1-3-10-18-17(14-11-19-21(2)12-14)16-9-8-13-6-4-5-7-15(13)20-16/h4-9,11-12,17-18H,3,10H2,1-2H3. The number of aromatic nitrogens is 3. The fourth-order valence-electron chi connectivity index (χ4n) is 2.51. The summed E-state index contributed by atoms with van der Waals surface area (Å²) < 4.78 is 1.83. The van der Waals surface area contributed by atoms with Crippen molar-refractivity contribution in [3.8, 4) is 0 Å². The monoisotopic (exact) mass is 280 g/mol. The lowest BCUT2D eigenvalue weighted by atomic mass is 10.1. The molecule has 0 aliphatic carbocycles. The van der Waals surface area contributed by atoms with Gasteiger partial charge in [-0.15, -0.1) is 0 Å². The van der Waals surface area contributed by atoms with Crippen LogP contribution < -0.4 is 5.32 Å². The maximum Gasteiger partial charge on any atom is 0.0782 e. The highest BCUT2D eigenvalue weighted by Crippen LogP contribution is 2.22. The summed E-state index contributed by atoms with van der Waals surface area (Å²) in [5.74, 6) is 0. The molecule has 4 nitrogen and oxygen atoms in total. The van der Waals surface area contributed by atoms with E-state index >= 15 is 0 Å². The second-order valence-electron chi connectivity index (χ2n) is 5.26. The van der Waals surface area contributed by atoms with Gasteiger partial charge in [0.2, 0.25) is 0 Å². The number of hydrogen-bond acceptors (Lipinski definition) is 3. The molecule has 0 fully saturated rings. The Morgan fingerprint density at radius 2 is 2.05 bits per heavy atom. The summed E-state index contributed by atoms with van der Waals surface area (Å²) in [6.45, 7) is 3.12. The van der Waals surface area contributed by atoms with Gasteiger partial charge in [-0.05, 0) is 25.1 Å². The molecule has 1 aromatic carbocycles. The first-order valence-corrected chi connectivity index (χ1v) is 7.35. The van der Waals surface area contributed by atoms with Crippen molar-refractivity contribution < 1.29 is 0 Å². The molecular formula is C17H20N4. The van der Waals surface area contributed by atoms with Crippen LogP contribution in [0.3, 0.4) is 0 Å². The number of benzene rings is 1. The van der Waals surface area contributed by atoms with Gasteiger partial charge in [-0.3, -0.25) is 9.67 Å². The van der Waals surface area contributed by atoms with E-state index in [1.165, 1.54) is 5.39 Å². The fourth-order valence-corrected chi connectivity index (χ4v) is 2.51. The van der Waals surface area contributed by atoms with Crippen LogP contribution in [0.2, 0.25) is 0 Å². The molecule has 2 aromatic heterocycles. The zero-order valence-electron chi connectivity index (χ0n) is 12.5. The van der Waals surface area contributed by atoms with Crippen molar-refractivity contribution in [1.29, 1.82) is 0 Å². The summed E-state index contributed by atoms with van der Waals surface area (Å²) >= 11 is 0. The molecule has 3 rings (SSSR count). The molecule has 0 saturated carbocycles. The van der Waals surface area contributed by atoms with E-state index in [1.807, 2.05) is 36.3 Å². The van der Waals surface area contributed by atoms with E-state index in [0.717, 1.165) is 29.7 Å². The predicted molar refractivity (Wildman–Crippen MR) is 85.1 cm³/mol. The Morgan fingerprint density at radius 3 is 2.81 bits per heavy atom. The first kappa shape index (κ1) is 13.8. The van der Waals surface area contributed by atoms with Crippen LogP contribution in [0.25, 0.3) is 10.9 Å². The molecule has 21 heavy (non-hydrogen) atoms. The van der Waals surface area contributed by atoms with Gasteiger partial charge in [0.05, 0.1) is 23.4 Å². The molecule has 0 aliphatic heterocycles. The van der Waals surface area contributed by atoms with E-state index in [1.54, 1.807) is 0 Å². The first-order chi connectivity index (χ1) is 10.3. The van der Waals surface area contributed by atoms with Crippen molar-refractivity contribution in [3.63, 3.8) is 0 Å². The van der Waals surface area contributed by atoms with Crippen molar-refractivity contribution in [1.82, 2.24) is 20.1 Å². The van der Waals surface area contributed by atoms with Gasteiger partial charge in [0.25, 0.3) is 0 Å². The highest BCUT2D eigenvalue weighted by molar-refractivity contribution is 5.78. The van der Waals surface area contributed by atoms with Crippen molar-refractivity contribution >= 4 is 10.9 Å². The van der Waals surface area contributed by atoms with Crippen LogP contribution >= 0.6 is 0 Å². The van der Waals surface area contributed by atoms with Gasteiger partial charge in [-0.1, -0.05) is 31.2 Å². The van der Waals surface area contributed by atoms with Crippen LogP contribution in [0.4, 0.5) is 0 Å². The molecule has 108 valence electrons. The van der Waals surface area contributed by atoms with Crippen LogP contribution in [0.5, 0.6) is 0 Å². The SMILES string of the molecule is CCCNC(c1cnn(C)c1)c1ccc2ccccc2n1. The Bertz CT molecular complexity index is 732. The van der Waals surface area contributed by atoms with Gasteiger partial charge in [-0.2, -0.15) is 5.10 Å². The Hall–Kier alpha value is -2.20. The zero-order valence-corrected chi connectivity index (χ0v) is 12.5. The van der Waals surface area contributed by atoms with Crippen LogP contribution in [0.1, 0.15) is 30.6 Å². The summed E-state index contributed by atoms with van der Waals surface area (Å²) in [6.07, 6.45) is 5.04. The topological polar surface area (TPSA) is 42.7 Å². The van der Waals surface area contributed by atoms with E-state index in [4.69, 9.17) is 4.98 Å². The molecule has 1 N–H and O–H groups in total. The lowest BCUT2D eigenvalue weighted by Crippen LogP contribution is -2.23. The smallest absolute Gasteiger partial charge is 0.0782 e. The van der Waals surface area contributed by atoms with Crippen molar-refractivity contribution in [2.24, 2.45) is 7.05 Å². The first-order valence-electron chi connectivity index (χ1n) is 7.35. The third-order valence-electron chi connectivity index (χ3n) is 3.57. The van der Waals surface area contributed by atoms with Crippen LogP contribution in [0.15, 0.2) is 48.8 Å². The quantitative estimate of drug-likeness (QED) is 0.781. The summed E-state index contributed by atoms with van der Waals surface area (Å²) in [6, 6.07) is 12.5. The van der Waals surface area contributed by atoms with E-state index in [2.05, 4.69) is 41.6 Å². The minimum Gasteiger partial charge on any atom is -0.305 e. The number of nitrogens with one attached hydrogen (secondary N) is 1. The van der Waals surface area contributed by atoms with Crippen molar-refractivity contribution in [2.75, 3.05) is 6.54 Å². The Morgan fingerprint density at radius 1 is 1.19 bits per heavy atom. The number of para-hydroxylation sites is 1. The average molecular weight is 280 g/mol. The average Bonchev–Trinajstić information content (AvgIpc) is 2.94. The summed E-state index contributed by atoms with van der Waals surface area (Å²) in [5, 5.41) is 9.01. The van der Waals surface area contributed by atoms with Crippen LogP contribution in [-0.2, 0) is 7.05 Å². The normalized spacial score (nSPS) is 12.7. The van der Waals surface area contributed by atoms with Crippen molar-refractivity contribution in [3.05, 3.63) is 60.0 Å². The molecule has 0 radical (unpaired) electrons. The maximum absolute atomic E-state index is 4.81. The molecule has 3 aromatic rings. The number of pyridine rings is 1. The molecule has 0 saturated heterocycles. The highest BCUT2D eigenvalue weighted by Gasteiger charge is 2.16. The van der Waals surface area contributed by atoms with Gasteiger partial charge in [0.1, 0.15) is 0 Å². The van der Waals surface area contributed by atoms with Gasteiger partial charge in [-0.25, -0.2) is 0 Å². The van der Waals surface area contributed by atoms with Crippen LogP contribution in [-0.4, -0.2) is 21.3 Å². The predicted octanol–water partition coefficient (Wildman–Crippen LogP) is 3.06. The Kier molecular flexibility index (Phi) is 3.97. The molecule has 0 amide bonds. The third-order valence-corrected chi connectivity index (χ3v) is 3.57. The molecule has 0 spiro atoms. The minimum absolute atomic E-state index is 0.0863. The largest absolute Gasteiger partial charge is 0.305 e. The second kappa shape index (κ2) is 6.06. The molecular weight excluding hydrogens is 260 g/mol. The highest BCUT2D eigenvalue weighted by atomic mass is 15.2. The van der Waals surface area contributed by atoms with E-state index in [9.17, 15) is 0 Å². The van der Waals surface area contributed by atoms with Gasteiger partial charge >= 0.3 is 0 Å². The van der Waals surface area contributed by atoms with E-state index in [0.29, 0.717) is 0 Å². The molecule has 0 bridgehead atoms. The summed E-state index contributed by atoms with van der Waals surface area (Å²) in [5.41, 5.74) is 3.21. The molecule has 4 heteroatoms. The van der Waals surface area contributed by atoms with Gasteiger partial charge in [0, 0.05) is 24.2 Å². The van der Waals surface area contributed by atoms with Gasteiger partial charge in [0.15, 0.2) is 0 Å². The van der Waals surface area contributed by atoms with E-state index < -0.39 is 0 Å². The number of nitrogens with zero attached hydrogens (tertiary/aromatic N) is 3. The Balaban J connectivity index is 2.00. The zero-order chi connectivity index (χ0) is 14.7. The molecule has 2 heterocycles. The molecule has 0 aliphatic rings. The van der Waals surface area contributed by atoms with Gasteiger partial charge < -0.3 is 5.32 Å². The van der Waals surface area contributed by atoms with Crippen molar-refractivity contribution in [2.45, 2.75) is 19.4 Å². The number of fused-ring (bicyclic) bond motifs is 1. The Labute approximate surface area is 124 Å². The summed E-state index contributed by atoms with van der Waals surface area (Å²) in [4.78, 5) is 4.81. The third kappa shape index (κ3) is 2.95. The lowest BCUT2D eigenvalue weighted by Gasteiger charge is -2.17. The number of rotatable bonds is 5. The number of aryl methyl sites for hydroxylation is 1. The van der Waals surface area contributed by atoms with E-state index in [-0.39, 0.29) is 6.04 Å². The molecule has 1 atom stereocenters. The second-order valence-corrected chi connectivity index (χ2v) is 5.26. The minimum atomic E-state index is 0.0863. The lowest BCUT2D eigenvalue weighted by molar-refractivity contribution is 0.587. The fraction of sp³-hybridized carbons (Fsp3) is 0.294. The maximum atomic E-state index is 4.81. The number of hydrogen-bond donors (Lipinski definition) is 1. The molecule has 1 unspecified atom stereocenters. The van der Waals surface area contributed by atoms with Crippen LogP contribution in [0, 0.1) is 0 Å². The summed E-state index contributed by atoms with van der Waals surface area (Å²) in [7, 11) is 1.94.